The largest absolute Gasteiger partial charge is 0.472 e. The Kier molecular flexibility index (Phi) is 5.94. The number of hydrogen-bond donors (Lipinski definition) is 1. The van der Waals surface area contributed by atoms with Gasteiger partial charge in [-0.1, -0.05) is 31.1 Å². The molecule has 1 fully saturated rings. The van der Waals surface area contributed by atoms with E-state index in [0.29, 0.717) is 34.7 Å². The van der Waals surface area contributed by atoms with E-state index in [1.165, 1.54) is 12.1 Å². The van der Waals surface area contributed by atoms with Gasteiger partial charge in [-0.2, -0.15) is 0 Å². The quantitative estimate of drug-likeness (QED) is 0.378. The van der Waals surface area contributed by atoms with Gasteiger partial charge in [-0.3, -0.25) is 0 Å². The van der Waals surface area contributed by atoms with Crippen molar-refractivity contribution in [3.63, 3.8) is 0 Å². The summed E-state index contributed by atoms with van der Waals surface area (Å²) >= 11 is 0. The van der Waals surface area contributed by atoms with Crippen molar-refractivity contribution >= 4 is 5.84 Å². The van der Waals surface area contributed by atoms with E-state index >= 15 is 0 Å². The molecule has 1 N–H and O–H groups in total. The van der Waals surface area contributed by atoms with Crippen molar-refractivity contribution in [2.75, 3.05) is 13.1 Å². The van der Waals surface area contributed by atoms with E-state index in [9.17, 15) is 9.60 Å². The second kappa shape index (κ2) is 8.37. The highest BCUT2D eigenvalue weighted by Crippen LogP contribution is 2.26. The number of ether oxygens (including phenoxy) is 1. The number of likely N-dealkylation sites (tertiary alicyclic amines) is 1. The van der Waals surface area contributed by atoms with E-state index < -0.39 is 0 Å². The van der Waals surface area contributed by atoms with Crippen LogP contribution in [0.5, 0.6) is 5.88 Å². The smallest absolute Gasteiger partial charge is 0.225 e. The minimum Gasteiger partial charge on any atom is -0.472 e. The molecule has 2 heterocycles. The number of benzene rings is 1. The predicted molar refractivity (Wildman–Crippen MR) is 103 cm³/mol. The summed E-state index contributed by atoms with van der Waals surface area (Å²) in [5, 5.41) is 13.3. The predicted octanol–water partition coefficient (Wildman–Crippen LogP) is 4.22. The Morgan fingerprint density at radius 3 is 2.67 bits per heavy atom. The molecule has 5 nitrogen and oxygen atoms in total. The van der Waals surface area contributed by atoms with E-state index in [0.717, 1.165) is 25.2 Å². The molecule has 1 aliphatic rings. The third-order valence-electron chi connectivity index (χ3n) is 4.77. The molecule has 2 atom stereocenters. The van der Waals surface area contributed by atoms with Crippen molar-refractivity contribution in [1.29, 1.82) is 0 Å². The molecule has 2 aromatic rings. The number of amidine groups is 1. The van der Waals surface area contributed by atoms with E-state index in [1.54, 1.807) is 12.1 Å². The third kappa shape index (κ3) is 4.76. The van der Waals surface area contributed by atoms with Crippen molar-refractivity contribution in [3.05, 3.63) is 59.0 Å². The standard InChI is InChI=1S/C21H26FN3O2/c1-14-9-15(2)12-25(11-14)20(24-26)19-8-7-16(3)23-21(19)27-13-17-5-4-6-18(22)10-17/h4-8,10,14-15,26H,9,11-13H2,1-3H3/b24-20-. The first-order valence-electron chi connectivity index (χ1n) is 9.28. The molecule has 0 radical (unpaired) electrons. The van der Waals surface area contributed by atoms with Gasteiger partial charge in [0, 0.05) is 18.8 Å². The van der Waals surface area contributed by atoms with Gasteiger partial charge in [-0.15, -0.1) is 0 Å². The van der Waals surface area contributed by atoms with Crippen molar-refractivity contribution < 1.29 is 14.3 Å². The molecule has 6 heteroatoms. The molecule has 1 saturated heterocycles. The molecule has 0 spiro atoms. The number of oxime groups is 1. The molecule has 3 rings (SSSR count). The third-order valence-corrected chi connectivity index (χ3v) is 4.77. The zero-order valence-corrected chi connectivity index (χ0v) is 16.0. The normalized spacial score (nSPS) is 20.6. The van der Waals surface area contributed by atoms with E-state index in [-0.39, 0.29) is 12.4 Å². The first-order chi connectivity index (χ1) is 13.0. The molecule has 27 heavy (non-hydrogen) atoms. The SMILES string of the molecule is Cc1ccc(/C(=N/O)N2CC(C)CC(C)C2)c(OCc2cccc(F)c2)n1. The molecule has 1 aromatic heterocycles. The lowest BCUT2D eigenvalue weighted by atomic mass is 9.91. The fourth-order valence-corrected chi connectivity index (χ4v) is 3.71. The summed E-state index contributed by atoms with van der Waals surface area (Å²) in [7, 11) is 0. The van der Waals surface area contributed by atoms with Gasteiger partial charge in [-0.25, -0.2) is 9.37 Å². The zero-order chi connectivity index (χ0) is 19.4. The molecule has 0 amide bonds. The van der Waals surface area contributed by atoms with Gasteiger partial charge in [0.15, 0.2) is 5.84 Å². The van der Waals surface area contributed by atoms with Gasteiger partial charge in [-0.05, 0) is 55.0 Å². The highest BCUT2D eigenvalue weighted by molar-refractivity contribution is 6.00. The zero-order valence-electron chi connectivity index (χ0n) is 16.0. The van der Waals surface area contributed by atoms with E-state index in [1.807, 2.05) is 19.1 Å². The Morgan fingerprint density at radius 1 is 1.26 bits per heavy atom. The topological polar surface area (TPSA) is 58.0 Å². The van der Waals surface area contributed by atoms with Gasteiger partial charge in [0.25, 0.3) is 0 Å². The van der Waals surface area contributed by atoms with Crippen molar-refractivity contribution in [1.82, 2.24) is 9.88 Å². The summed E-state index contributed by atoms with van der Waals surface area (Å²) in [5.41, 5.74) is 2.15. The van der Waals surface area contributed by atoms with Crippen LogP contribution < -0.4 is 4.74 Å². The Balaban J connectivity index is 1.86. The second-order valence-electron chi connectivity index (χ2n) is 7.50. The summed E-state index contributed by atoms with van der Waals surface area (Å²) in [6.07, 6.45) is 1.16. The van der Waals surface area contributed by atoms with Crippen molar-refractivity contribution in [2.24, 2.45) is 17.0 Å². The number of aryl methyl sites for hydroxylation is 1. The van der Waals surface area contributed by atoms with E-state index in [2.05, 4.69) is 28.9 Å². The van der Waals surface area contributed by atoms with Crippen LogP contribution in [-0.2, 0) is 6.61 Å². The van der Waals surface area contributed by atoms with Gasteiger partial charge in [0.1, 0.15) is 12.4 Å². The number of nitrogens with zero attached hydrogens (tertiary/aromatic N) is 3. The number of rotatable bonds is 4. The van der Waals surface area contributed by atoms with Crippen LogP contribution in [0.4, 0.5) is 4.39 Å². The summed E-state index contributed by atoms with van der Waals surface area (Å²) in [6.45, 7) is 8.10. The van der Waals surface area contributed by atoms with Crippen molar-refractivity contribution in [3.8, 4) is 5.88 Å². The first-order valence-corrected chi connectivity index (χ1v) is 9.28. The lowest BCUT2D eigenvalue weighted by molar-refractivity contribution is 0.203. The first kappa shape index (κ1) is 19.1. The lowest BCUT2D eigenvalue weighted by Gasteiger charge is -2.36. The molecular formula is C21H26FN3O2. The number of piperidine rings is 1. The number of pyridine rings is 1. The van der Waals surface area contributed by atoms with Gasteiger partial charge >= 0.3 is 0 Å². The Hall–Kier alpha value is -2.63. The van der Waals surface area contributed by atoms with Crippen LogP contribution in [0.2, 0.25) is 0 Å². The maximum absolute atomic E-state index is 13.4. The molecule has 0 bridgehead atoms. The van der Waals surface area contributed by atoms with E-state index in [4.69, 9.17) is 4.74 Å². The number of hydrogen-bond acceptors (Lipinski definition) is 4. The minimum absolute atomic E-state index is 0.187. The van der Waals surface area contributed by atoms with Crippen molar-refractivity contribution in [2.45, 2.75) is 33.8 Å². The highest BCUT2D eigenvalue weighted by atomic mass is 19.1. The highest BCUT2D eigenvalue weighted by Gasteiger charge is 2.27. The van der Waals surface area contributed by atoms with Crippen LogP contribution >= 0.6 is 0 Å². The number of halogens is 1. The minimum atomic E-state index is -0.303. The summed E-state index contributed by atoms with van der Waals surface area (Å²) in [6, 6.07) is 10.0. The summed E-state index contributed by atoms with van der Waals surface area (Å²) < 4.78 is 19.3. The van der Waals surface area contributed by atoms with Gasteiger partial charge in [0.2, 0.25) is 5.88 Å². The maximum Gasteiger partial charge on any atom is 0.225 e. The number of aromatic nitrogens is 1. The monoisotopic (exact) mass is 371 g/mol. The average Bonchev–Trinajstić information content (AvgIpc) is 2.61. The van der Waals surface area contributed by atoms with Gasteiger partial charge < -0.3 is 14.8 Å². The molecule has 1 aromatic carbocycles. The maximum atomic E-state index is 13.4. The summed E-state index contributed by atoms with van der Waals surface area (Å²) in [5.74, 6) is 1.58. The van der Waals surface area contributed by atoms with Gasteiger partial charge in [0.05, 0.1) is 5.56 Å². The average molecular weight is 371 g/mol. The fourth-order valence-electron chi connectivity index (χ4n) is 3.71. The molecule has 0 aliphatic carbocycles. The molecule has 1 aliphatic heterocycles. The Morgan fingerprint density at radius 2 is 2.00 bits per heavy atom. The second-order valence-corrected chi connectivity index (χ2v) is 7.50. The molecule has 0 saturated carbocycles. The fraction of sp³-hybridized carbons (Fsp3) is 0.429. The van der Waals surface area contributed by atoms with Crippen LogP contribution in [0.15, 0.2) is 41.6 Å². The Labute approximate surface area is 159 Å². The van der Waals surface area contributed by atoms with Crippen LogP contribution in [0.3, 0.4) is 0 Å². The summed E-state index contributed by atoms with van der Waals surface area (Å²) in [4.78, 5) is 6.56. The van der Waals surface area contributed by atoms with Crippen LogP contribution in [0.25, 0.3) is 0 Å². The van der Waals surface area contributed by atoms with Crippen LogP contribution in [-0.4, -0.2) is 34.0 Å². The molecule has 144 valence electrons. The molecular weight excluding hydrogens is 345 g/mol. The Bertz CT molecular complexity index is 815. The molecule has 2 unspecified atom stereocenters. The lowest BCUT2D eigenvalue weighted by Crippen LogP contribution is -2.43. The van der Waals surface area contributed by atoms with Crippen LogP contribution in [0.1, 0.15) is 37.1 Å². The van der Waals surface area contributed by atoms with Crippen LogP contribution in [0, 0.1) is 24.6 Å².